The molecule has 1 aliphatic carbocycles. The van der Waals surface area contributed by atoms with Crippen molar-refractivity contribution in [2.45, 2.75) is 37.7 Å². The van der Waals surface area contributed by atoms with Gasteiger partial charge < -0.3 is 9.47 Å². The van der Waals surface area contributed by atoms with Gasteiger partial charge in [0.1, 0.15) is 5.82 Å². The summed E-state index contributed by atoms with van der Waals surface area (Å²) in [6.45, 7) is 3.97. The van der Waals surface area contributed by atoms with Crippen molar-refractivity contribution in [3.63, 3.8) is 0 Å². The molecule has 0 bridgehead atoms. The summed E-state index contributed by atoms with van der Waals surface area (Å²) < 4.78 is 3.32. The van der Waals surface area contributed by atoms with Crippen molar-refractivity contribution in [3.05, 3.63) is 28.5 Å². The fourth-order valence-corrected chi connectivity index (χ4v) is 3.13. The van der Waals surface area contributed by atoms with Crippen LogP contribution in [0, 0.1) is 0 Å². The predicted octanol–water partition coefficient (Wildman–Crippen LogP) is 4.19. The molecular weight excluding hydrogens is 338 g/mol. The molecular formula is C15H19BrClN3. The van der Waals surface area contributed by atoms with E-state index in [-0.39, 0.29) is 5.38 Å². The minimum atomic E-state index is -0.0765. The maximum absolute atomic E-state index is 6.30. The smallest absolute Gasteiger partial charge is 0.127 e. The Morgan fingerprint density at radius 3 is 2.90 bits per heavy atom. The quantitative estimate of drug-likeness (QED) is 0.749. The third-order valence-electron chi connectivity index (χ3n) is 3.94. The largest absolute Gasteiger partial charge is 0.325 e. The van der Waals surface area contributed by atoms with Crippen LogP contribution in [0.1, 0.15) is 31.0 Å². The predicted molar refractivity (Wildman–Crippen MR) is 87.4 cm³/mol. The maximum Gasteiger partial charge on any atom is 0.127 e. The number of nitrogens with zero attached hydrogens (tertiary/aromatic N) is 3. The molecule has 0 saturated heterocycles. The fourth-order valence-electron chi connectivity index (χ4n) is 2.62. The molecule has 0 aliphatic heterocycles. The van der Waals surface area contributed by atoms with Gasteiger partial charge in [-0.3, -0.25) is 0 Å². The van der Waals surface area contributed by atoms with Crippen molar-refractivity contribution < 1.29 is 0 Å². The first-order chi connectivity index (χ1) is 9.56. The molecule has 0 spiro atoms. The molecule has 1 aliphatic rings. The van der Waals surface area contributed by atoms with Crippen LogP contribution in [0.2, 0.25) is 0 Å². The van der Waals surface area contributed by atoms with Crippen molar-refractivity contribution in [2.75, 3.05) is 13.6 Å². The monoisotopic (exact) mass is 355 g/mol. The number of halogens is 2. The first-order valence-electron chi connectivity index (χ1n) is 7.06. The van der Waals surface area contributed by atoms with Crippen molar-refractivity contribution in [2.24, 2.45) is 0 Å². The van der Waals surface area contributed by atoms with Crippen LogP contribution in [0.25, 0.3) is 11.0 Å². The Kier molecular flexibility index (Phi) is 4.07. The zero-order chi connectivity index (χ0) is 14.3. The van der Waals surface area contributed by atoms with Gasteiger partial charge >= 0.3 is 0 Å². The number of alkyl halides is 1. The Balaban J connectivity index is 1.91. The highest BCUT2D eigenvalue weighted by Gasteiger charge is 2.26. The molecule has 1 fully saturated rings. The Labute approximate surface area is 133 Å². The van der Waals surface area contributed by atoms with E-state index in [2.05, 4.69) is 50.6 Å². The molecule has 0 N–H and O–H groups in total. The van der Waals surface area contributed by atoms with E-state index >= 15 is 0 Å². The van der Waals surface area contributed by atoms with Crippen LogP contribution in [0.5, 0.6) is 0 Å². The zero-order valence-electron chi connectivity index (χ0n) is 11.8. The summed E-state index contributed by atoms with van der Waals surface area (Å²) >= 11 is 9.80. The Morgan fingerprint density at radius 1 is 1.50 bits per heavy atom. The lowest BCUT2D eigenvalue weighted by molar-refractivity contribution is 0.309. The SMILES string of the molecule is CC(Cl)c1nc2cc(Br)ccc2n1CCN(C)C1CC1. The first kappa shape index (κ1) is 14.4. The lowest BCUT2D eigenvalue weighted by Crippen LogP contribution is -2.25. The normalized spacial score (nSPS) is 17.1. The zero-order valence-corrected chi connectivity index (χ0v) is 14.2. The van der Waals surface area contributed by atoms with Crippen molar-refractivity contribution in [3.8, 4) is 0 Å². The van der Waals surface area contributed by atoms with Crippen LogP contribution in [0.15, 0.2) is 22.7 Å². The lowest BCUT2D eigenvalue weighted by Gasteiger charge is -2.18. The van der Waals surface area contributed by atoms with E-state index in [9.17, 15) is 0 Å². The molecule has 3 rings (SSSR count). The average molecular weight is 357 g/mol. The minimum absolute atomic E-state index is 0.0765. The van der Waals surface area contributed by atoms with E-state index in [1.165, 1.54) is 18.4 Å². The molecule has 5 heteroatoms. The summed E-state index contributed by atoms with van der Waals surface area (Å²) in [6, 6.07) is 7.02. The molecule has 1 heterocycles. The van der Waals surface area contributed by atoms with E-state index < -0.39 is 0 Å². The molecule has 2 aromatic rings. The van der Waals surface area contributed by atoms with Gasteiger partial charge in [0.2, 0.25) is 0 Å². The molecule has 20 heavy (non-hydrogen) atoms. The number of hydrogen-bond donors (Lipinski definition) is 0. The van der Waals surface area contributed by atoms with Gasteiger partial charge in [0.05, 0.1) is 16.4 Å². The number of rotatable bonds is 5. The highest BCUT2D eigenvalue weighted by atomic mass is 79.9. The summed E-state index contributed by atoms with van der Waals surface area (Å²) in [4.78, 5) is 7.13. The standard InChI is InChI=1S/C15H19BrClN3/c1-10(17)15-18-13-9-11(16)3-6-14(13)20(15)8-7-19(2)12-4-5-12/h3,6,9-10,12H,4-5,7-8H2,1-2H3. The van der Waals surface area contributed by atoms with Crippen LogP contribution < -0.4 is 0 Å². The number of aromatic nitrogens is 2. The molecule has 1 saturated carbocycles. The van der Waals surface area contributed by atoms with Gasteiger partial charge in [0.15, 0.2) is 0 Å². The molecule has 1 atom stereocenters. The topological polar surface area (TPSA) is 21.1 Å². The lowest BCUT2D eigenvalue weighted by atomic mass is 10.3. The fraction of sp³-hybridized carbons (Fsp3) is 0.533. The first-order valence-corrected chi connectivity index (χ1v) is 8.29. The Morgan fingerprint density at radius 2 is 2.25 bits per heavy atom. The van der Waals surface area contributed by atoms with E-state index in [1.807, 2.05) is 6.92 Å². The number of benzene rings is 1. The van der Waals surface area contributed by atoms with Gasteiger partial charge in [-0.25, -0.2) is 4.98 Å². The van der Waals surface area contributed by atoms with E-state index in [1.54, 1.807) is 0 Å². The van der Waals surface area contributed by atoms with E-state index in [0.717, 1.165) is 34.9 Å². The summed E-state index contributed by atoms with van der Waals surface area (Å²) in [5, 5.41) is -0.0765. The maximum atomic E-state index is 6.30. The van der Waals surface area contributed by atoms with Gasteiger partial charge in [-0.15, -0.1) is 11.6 Å². The van der Waals surface area contributed by atoms with Crippen LogP contribution in [0.3, 0.4) is 0 Å². The number of hydrogen-bond acceptors (Lipinski definition) is 2. The molecule has 108 valence electrons. The summed E-state index contributed by atoms with van der Waals surface area (Å²) in [5.41, 5.74) is 2.18. The molecule has 1 aromatic carbocycles. The second kappa shape index (κ2) is 5.66. The summed E-state index contributed by atoms with van der Waals surface area (Å²) in [5.74, 6) is 0.962. The van der Waals surface area contributed by atoms with Crippen molar-refractivity contribution >= 4 is 38.6 Å². The average Bonchev–Trinajstić information content (AvgIpc) is 3.18. The number of likely N-dealkylation sites (N-methyl/N-ethyl adjacent to an activating group) is 1. The molecule has 1 aromatic heterocycles. The van der Waals surface area contributed by atoms with Gasteiger partial charge in [-0.1, -0.05) is 15.9 Å². The van der Waals surface area contributed by atoms with Gasteiger partial charge in [0, 0.05) is 23.6 Å². The van der Waals surface area contributed by atoms with E-state index in [4.69, 9.17) is 16.6 Å². The molecule has 0 radical (unpaired) electrons. The van der Waals surface area contributed by atoms with Gasteiger partial charge in [-0.2, -0.15) is 0 Å². The highest BCUT2D eigenvalue weighted by molar-refractivity contribution is 9.10. The molecule has 3 nitrogen and oxygen atoms in total. The summed E-state index contributed by atoms with van der Waals surface area (Å²) in [7, 11) is 2.21. The van der Waals surface area contributed by atoms with E-state index in [0.29, 0.717) is 0 Å². The number of imidazole rings is 1. The minimum Gasteiger partial charge on any atom is -0.325 e. The highest BCUT2D eigenvalue weighted by Crippen LogP contribution is 2.28. The third kappa shape index (κ3) is 2.87. The van der Waals surface area contributed by atoms with Crippen LogP contribution in [0.4, 0.5) is 0 Å². The van der Waals surface area contributed by atoms with Crippen LogP contribution in [-0.2, 0) is 6.54 Å². The van der Waals surface area contributed by atoms with Crippen LogP contribution in [-0.4, -0.2) is 34.1 Å². The van der Waals surface area contributed by atoms with Gasteiger partial charge in [0.25, 0.3) is 0 Å². The summed E-state index contributed by atoms with van der Waals surface area (Å²) in [6.07, 6.45) is 2.68. The van der Waals surface area contributed by atoms with Gasteiger partial charge in [-0.05, 0) is 45.0 Å². The van der Waals surface area contributed by atoms with Crippen LogP contribution >= 0.6 is 27.5 Å². The second-order valence-electron chi connectivity index (χ2n) is 5.58. The molecule has 1 unspecified atom stereocenters. The third-order valence-corrected chi connectivity index (χ3v) is 4.63. The Hall–Kier alpha value is -0.580. The molecule has 0 amide bonds. The number of fused-ring (bicyclic) bond motifs is 1. The second-order valence-corrected chi connectivity index (χ2v) is 7.15. The van der Waals surface area contributed by atoms with Crippen molar-refractivity contribution in [1.82, 2.24) is 14.5 Å². The Bertz CT molecular complexity index is 619. The van der Waals surface area contributed by atoms with Crippen molar-refractivity contribution in [1.29, 1.82) is 0 Å².